The smallest absolute Gasteiger partial charge is 0.311 e. The van der Waals surface area contributed by atoms with E-state index in [-0.39, 0.29) is 17.0 Å². The summed E-state index contributed by atoms with van der Waals surface area (Å²) in [6, 6.07) is 12.3. The van der Waals surface area contributed by atoms with Gasteiger partial charge in [-0.15, -0.1) is 0 Å². The lowest BCUT2D eigenvalue weighted by Crippen LogP contribution is -2.12. The van der Waals surface area contributed by atoms with Crippen molar-refractivity contribution in [2.24, 2.45) is 0 Å². The summed E-state index contributed by atoms with van der Waals surface area (Å²) in [6.07, 6.45) is 0. The van der Waals surface area contributed by atoms with Gasteiger partial charge in [0.1, 0.15) is 0 Å². The second-order valence-electron chi connectivity index (χ2n) is 4.29. The summed E-state index contributed by atoms with van der Waals surface area (Å²) < 4.78 is 4.88. The fourth-order valence-corrected chi connectivity index (χ4v) is 1.84. The van der Waals surface area contributed by atoms with Gasteiger partial charge in [0.25, 0.3) is 5.91 Å². The Hall–Kier alpha value is -3.40. The number of nitrogens with one attached hydrogen (secondary N) is 1. The van der Waals surface area contributed by atoms with E-state index in [0.717, 1.165) is 6.07 Å². The molecule has 0 unspecified atom stereocenters. The number of nitro groups is 1. The number of nitrogens with zero attached hydrogens (tertiary/aromatic N) is 2. The minimum Gasteiger partial charge on any atom is -0.490 e. The van der Waals surface area contributed by atoms with Crippen molar-refractivity contribution in [3.63, 3.8) is 0 Å². The summed E-state index contributed by atoms with van der Waals surface area (Å²) >= 11 is 0. The van der Waals surface area contributed by atoms with Crippen molar-refractivity contribution < 1.29 is 14.5 Å². The van der Waals surface area contributed by atoms with Crippen molar-refractivity contribution in [1.29, 1.82) is 5.26 Å². The molecular formula is C15H11N3O4. The maximum atomic E-state index is 12.1. The summed E-state index contributed by atoms with van der Waals surface area (Å²) in [5, 5.41) is 22.4. The van der Waals surface area contributed by atoms with Crippen molar-refractivity contribution in [2.75, 3.05) is 12.4 Å². The Bertz CT molecular complexity index is 781. The number of anilines is 1. The third-order valence-corrected chi connectivity index (χ3v) is 2.89. The molecule has 2 aromatic carbocycles. The van der Waals surface area contributed by atoms with Crippen LogP contribution in [0.1, 0.15) is 15.9 Å². The lowest BCUT2D eigenvalue weighted by molar-refractivity contribution is -0.385. The molecule has 2 aromatic rings. The molecule has 0 heterocycles. The van der Waals surface area contributed by atoms with E-state index >= 15 is 0 Å². The second kappa shape index (κ2) is 6.37. The van der Waals surface area contributed by atoms with E-state index in [1.807, 2.05) is 6.07 Å². The van der Waals surface area contributed by atoms with E-state index in [1.54, 1.807) is 18.2 Å². The number of nitriles is 1. The fraction of sp³-hybridized carbons (Fsp3) is 0.0667. The van der Waals surface area contributed by atoms with E-state index in [1.165, 1.54) is 25.3 Å². The standard InChI is InChI=1S/C15H11N3O4/c1-22-14-6-5-11(8-13(14)18(20)21)15(19)17-12-4-2-3-10(7-12)9-16/h2-8H,1H3,(H,17,19). The van der Waals surface area contributed by atoms with Crippen LogP contribution in [0.4, 0.5) is 11.4 Å². The summed E-state index contributed by atoms with van der Waals surface area (Å²) in [4.78, 5) is 22.5. The summed E-state index contributed by atoms with van der Waals surface area (Å²) in [6.45, 7) is 0. The van der Waals surface area contributed by atoms with Gasteiger partial charge in [-0.1, -0.05) is 6.07 Å². The number of hydrogen-bond acceptors (Lipinski definition) is 5. The summed E-state index contributed by atoms with van der Waals surface area (Å²) in [5.74, 6) is -0.436. The highest BCUT2D eigenvalue weighted by atomic mass is 16.6. The monoisotopic (exact) mass is 297 g/mol. The maximum Gasteiger partial charge on any atom is 0.311 e. The number of rotatable bonds is 4. The number of benzene rings is 2. The van der Waals surface area contributed by atoms with E-state index in [9.17, 15) is 14.9 Å². The zero-order valence-corrected chi connectivity index (χ0v) is 11.6. The van der Waals surface area contributed by atoms with Gasteiger partial charge in [-0.3, -0.25) is 14.9 Å². The molecule has 0 aliphatic heterocycles. The summed E-state index contributed by atoms with van der Waals surface area (Å²) in [5.41, 5.74) is 0.664. The first kappa shape index (κ1) is 15.0. The van der Waals surface area contributed by atoms with Crippen LogP contribution in [-0.4, -0.2) is 17.9 Å². The van der Waals surface area contributed by atoms with Gasteiger partial charge in [0, 0.05) is 17.3 Å². The van der Waals surface area contributed by atoms with Crippen LogP contribution in [0, 0.1) is 21.4 Å². The zero-order chi connectivity index (χ0) is 16.1. The highest BCUT2D eigenvalue weighted by Gasteiger charge is 2.18. The Balaban J connectivity index is 2.28. The van der Waals surface area contributed by atoms with E-state index in [4.69, 9.17) is 10.00 Å². The average Bonchev–Trinajstić information content (AvgIpc) is 2.54. The molecule has 2 rings (SSSR count). The molecular weight excluding hydrogens is 286 g/mol. The Morgan fingerprint density at radius 3 is 2.73 bits per heavy atom. The predicted molar refractivity (Wildman–Crippen MR) is 78.8 cm³/mol. The lowest BCUT2D eigenvalue weighted by atomic mass is 10.1. The number of carbonyl (C=O) groups is 1. The van der Waals surface area contributed by atoms with Crippen LogP contribution in [0.15, 0.2) is 42.5 Å². The number of carbonyl (C=O) groups excluding carboxylic acids is 1. The van der Waals surface area contributed by atoms with Crippen molar-refractivity contribution >= 4 is 17.3 Å². The molecule has 0 aliphatic carbocycles. The molecule has 0 aromatic heterocycles. The van der Waals surface area contributed by atoms with Gasteiger partial charge in [-0.05, 0) is 30.3 Å². The van der Waals surface area contributed by atoms with Gasteiger partial charge in [0.15, 0.2) is 5.75 Å². The van der Waals surface area contributed by atoms with Crippen LogP contribution in [0.25, 0.3) is 0 Å². The first-order chi connectivity index (χ1) is 10.5. The normalized spacial score (nSPS) is 9.64. The van der Waals surface area contributed by atoms with Crippen molar-refractivity contribution in [2.45, 2.75) is 0 Å². The molecule has 0 fully saturated rings. The minimum atomic E-state index is -0.619. The third kappa shape index (κ3) is 3.19. The molecule has 0 aliphatic rings. The van der Waals surface area contributed by atoms with Crippen molar-refractivity contribution in [3.8, 4) is 11.8 Å². The third-order valence-electron chi connectivity index (χ3n) is 2.89. The predicted octanol–water partition coefficient (Wildman–Crippen LogP) is 2.73. The highest BCUT2D eigenvalue weighted by Crippen LogP contribution is 2.27. The first-order valence-corrected chi connectivity index (χ1v) is 6.19. The second-order valence-corrected chi connectivity index (χ2v) is 4.29. The largest absolute Gasteiger partial charge is 0.490 e. The quantitative estimate of drug-likeness (QED) is 0.690. The SMILES string of the molecule is COc1ccc(C(=O)Nc2cccc(C#N)c2)cc1[N+](=O)[O-]. The molecule has 110 valence electrons. The fourth-order valence-electron chi connectivity index (χ4n) is 1.84. The molecule has 22 heavy (non-hydrogen) atoms. The van der Waals surface area contributed by atoms with Gasteiger partial charge in [0.05, 0.1) is 23.7 Å². The van der Waals surface area contributed by atoms with Gasteiger partial charge < -0.3 is 10.1 Å². The zero-order valence-electron chi connectivity index (χ0n) is 11.6. The van der Waals surface area contributed by atoms with Crippen molar-refractivity contribution in [1.82, 2.24) is 0 Å². The number of ether oxygens (including phenoxy) is 1. The van der Waals surface area contributed by atoms with Gasteiger partial charge >= 0.3 is 5.69 Å². The number of methoxy groups -OCH3 is 1. The molecule has 0 saturated carbocycles. The molecule has 1 amide bonds. The van der Waals surface area contributed by atoms with E-state index in [2.05, 4.69) is 5.32 Å². The molecule has 7 nitrogen and oxygen atoms in total. The van der Waals surface area contributed by atoms with Crippen LogP contribution in [-0.2, 0) is 0 Å². The van der Waals surface area contributed by atoms with Crippen LogP contribution in [0.5, 0.6) is 5.75 Å². The molecule has 1 N–H and O–H groups in total. The van der Waals surface area contributed by atoms with E-state index < -0.39 is 10.8 Å². The maximum absolute atomic E-state index is 12.1. The lowest BCUT2D eigenvalue weighted by Gasteiger charge is -2.07. The molecule has 0 bridgehead atoms. The molecule has 0 saturated heterocycles. The number of amides is 1. The average molecular weight is 297 g/mol. The van der Waals surface area contributed by atoms with Gasteiger partial charge in [-0.25, -0.2) is 0 Å². The van der Waals surface area contributed by atoms with Crippen molar-refractivity contribution in [3.05, 3.63) is 63.7 Å². The van der Waals surface area contributed by atoms with Gasteiger partial charge in [-0.2, -0.15) is 5.26 Å². The number of hydrogen-bond donors (Lipinski definition) is 1. The number of nitro benzene ring substituents is 1. The minimum absolute atomic E-state index is 0.0769. The van der Waals surface area contributed by atoms with Crippen LogP contribution in [0.3, 0.4) is 0 Å². The Kier molecular flexibility index (Phi) is 4.34. The van der Waals surface area contributed by atoms with E-state index in [0.29, 0.717) is 11.3 Å². The van der Waals surface area contributed by atoms with Crippen LogP contribution < -0.4 is 10.1 Å². The highest BCUT2D eigenvalue weighted by molar-refractivity contribution is 6.04. The molecule has 0 atom stereocenters. The Morgan fingerprint density at radius 2 is 2.09 bits per heavy atom. The Morgan fingerprint density at radius 1 is 1.32 bits per heavy atom. The van der Waals surface area contributed by atoms with Crippen LogP contribution in [0.2, 0.25) is 0 Å². The molecule has 7 heteroatoms. The Labute approximate surface area is 125 Å². The molecule has 0 radical (unpaired) electrons. The topological polar surface area (TPSA) is 105 Å². The van der Waals surface area contributed by atoms with Gasteiger partial charge in [0.2, 0.25) is 0 Å². The summed E-state index contributed by atoms with van der Waals surface area (Å²) in [7, 11) is 1.31. The first-order valence-electron chi connectivity index (χ1n) is 6.19. The van der Waals surface area contributed by atoms with Crippen LogP contribution >= 0.6 is 0 Å². The molecule has 0 spiro atoms.